The molecule has 98 valence electrons. The normalized spacial score (nSPS) is 14.9. The van der Waals surface area contributed by atoms with Crippen molar-refractivity contribution in [1.82, 2.24) is 15.1 Å². The molecule has 5 heteroatoms. The molecule has 1 rings (SSSR count). The van der Waals surface area contributed by atoms with Gasteiger partial charge >= 0.3 is 0 Å². The van der Waals surface area contributed by atoms with Gasteiger partial charge in [0.15, 0.2) is 0 Å². The van der Waals surface area contributed by atoms with Crippen LogP contribution in [0.3, 0.4) is 0 Å². The first kappa shape index (κ1) is 14.5. The summed E-state index contributed by atoms with van der Waals surface area (Å²) in [5.74, 6) is 0. The number of aliphatic hydroxyl groups excluding tert-OH is 1. The molecule has 0 saturated heterocycles. The molecule has 1 aromatic rings. The van der Waals surface area contributed by atoms with E-state index in [4.69, 9.17) is 11.6 Å². The molecule has 0 spiro atoms. The quantitative estimate of drug-likeness (QED) is 0.737. The highest BCUT2D eigenvalue weighted by atomic mass is 35.5. The van der Waals surface area contributed by atoms with Crippen LogP contribution >= 0.6 is 11.6 Å². The molecule has 4 nitrogen and oxygen atoms in total. The van der Waals surface area contributed by atoms with Crippen LogP contribution in [0.5, 0.6) is 0 Å². The second-order valence-electron chi connectivity index (χ2n) is 4.73. The van der Waals surface area contributed by atoms with Crippen LogP contribution in [0.25, 0.3) is 0 Å². The molecule has 2 N–H and O–H groups in total. The largest absolute Gasteiger partial charge is 0.394 e. The Hall–Kier alpha value is -0.580. The third-order valence-electron chi connectivity index (χ3n) is 3.34. The summed E-state index contributed by atoms with van der Waals surface area (Å²) in [5.41, 5.74) is 0.849. The third kappa shape index (κ3) is 3.98. The van der Waals surface area contributed by atoms with Crippen LogP contribution < -0.4 is 5.32 Å². The van der Waals surface area contributed by atoms with Crippen molar-refractivity contribution in [1.29, 1.82) is 0 Å². The summed E-state index contributed by atoms with van der Waals surface area (Å²) >= 11 is 5.93. The van der Waals surface area contributed by atoms with E-state index >= 15 is 0 Å². The summed E-state index contributed by atoms with van der Waals surface area (Å²) in [6.45, 7) is 5.05. The van der Waals surface area contributed by atoms with E-state index in [1.54, 1.807) is 6.20 Å². The number of hydrogen-bond acceptors (Lipinski definition) is 3. The first-order chi connectivity index (χ1) is 8.02. The number of hydrogen-bond donors (Lipinski definition) is 2. The fourth-order valence-electron chi connectivity index (χ4n) is 1.71. The molecule has 0 aliphatic carbocycles. The van der Waals surface area contributed by atoms with Crippen molar-refractivity contribution in [3.8, 4) is 0 Å². The monoisotopic (exact) mass is 259 g/mol. The van der Waals surface area contributed by atoms with Crippen LogP contribution in [-0.2, 0) is 6.54 Å². The molecule has 17 heavy (non-hydrogen) atoms. The summed E-state index contributed by atoms with van der Waals surface area (Å²) in [4.78, 5) is 0. The minimum absolute atomic E-state index is 0.163. The molecule has 0 aromatic carbocycles. The lowest BCUT2D eigenvalue weighted by atomic mass is 9.96. The Morgan fingerprint density at radius 3 is 2.71 bits per heavy atom. The van der Waals surface area contributed by atoms with Gasteiger partial charge in [-0.25, -0.2) is 0 Å². The standard InChI is InChI=1S/C12H22ClN3O/c1-10-11(13)8-15-16(10)7-5-4-6-12(2,9-17)14-3/h8,14,17H,4-7,9H2,1-3H3. The van der Waals surface area contributed by atoms with Crippen molar-refractivity contribution in [2.45, 2.75) is 45.2 Å². The van der Waals surface area contributed by atoms with Crippen LogP contribution in [0.1, 0.15) is 31.9 Å². The van der Waals surface area contributed by atoms with Gasteiger partial charge in [0, 0.05) is 12.1 Å². The predicted molar refractivity (Wildman–Crippen MR) is 70.4 cm³/mol. The lowest BCUT2D eigenvalue weighted by Gasteiger charge is -2.26. The average Bonchev–Trinajstić information content (AvgIpc) is 2.66. The van der Waals surface area contributed by atoms with Gasteiger partial charge < -0.3 is 10.4 Å². The van der Waals surface area contributed by atoms with Gasteiger partial charge in [0.05, 0.1) is 23.5 Å². The first-order valence-electron chi connectivity index (χ1n) is 6.00. The van der Waals surface area contributed by atoms with Crippen LogP contribution in [0, 0.1) is 6.92 Å². The highest BCUT2D eigenvalue weighted by Crippen LogP contribution is 2.16. The second-order valence-corrected chi connectivity index (χ2v) is 5.13. The number of rotatable bonds is 7. The molecule has 0 bridgehead atoms. The predicted octanol–water partition coefficient (Wildman–Crippen LogP) is 1.99. The first-order valence-corrected chi connectivity index (χ1v) is 6.38. The van der Waals surface area contributed by atoms with Gasteiger partial charge in [-0.2, -0.15) is 5.10 Å². The molecule has 0 aliphatic heterocycles. The molecule has 1 heterocycles. The summed E-state index contributed by atoms with van der Waals surface area (Å²) < 4.78 is 1.93. The topological polar surface area (TPSA) is 50.1 Å². The third-order valence-corrected chi connectivity index (χ3v) is 3.72. The maximum absolute atomic E-state index is 9.25. The van der Waals surface area contributed by atoms with E-state index in [0.29, 0.717) is 0 Å². The lowest BCUT2D eigenvalue weighted by Crippen LogP contribution is -2.43. The minimum atomic E-state index is -0.170. The van der Waals surface area contributed by atoms with E-state index in [1.165, 1.54) is 0 Å². The number of likely N-dealkylation sites (N-methyl/N-ethyl adjacent to an activating group) is 1. The van der Waals surface area contributed by atoms with Crippen molar-refractivity contribution in [2.24, 2.45) is 0 Å². The smallest absolute Gasteiger partial charge is 0.0814 e. The van der Waals surface area contributed by atoms with Gasteiger partial charge in [-0.1, -0.05) is 11.6 Å². The molecule has 1 aromatic heterocycles. The Bertz CT molecular complexity index is 348. The number of halogens is 1. The summed E-state index contributed by atoms with van der Waals surface area (Å²) in [5, 5.41) is 17.3. The number of nitrogens with one attached hydrogen (secondary N) is 1. The number of aryl methyl sites for hydroxylation is 1. The molecular formula is C12H22ClN3O. The summed E-state index contributed by atoms with van der Waals surface area (Å²) in [7, 11) is 1.88. The van der Waals surface area contributed by atoms with E-state index < -0.39 is 0 Å². The number of aliphatic hydroxyl groups is 1. The Morgan fingerprint density at radius 2 is 2.24 bits per heavy atom. The fraction of sp³-hybridized carbons (Fsp3) is 0.750. The van der Waals surface area contributed by atoms with E-state index in [2.05, 4.69) is 10.4 Å². The average molecular weight is 260 g/mol. The molecule has 0 amide bonds. The molecule has 0 radical (unpaired) electrons. The zero-order chi connectivity index (χ0) is 12.9. The SMILES string of the molecule is CNC(C)(CO)CCCCn1ncc(Cl)c1C. The Morgan fingerprint density at radius 1 is 1.53 bits per heavy atom. The molecule has 0 saturated carbocycles. The van der Waals surface area contributed by atoms with Crippen LogP contribution in [0.2, 0.25) is 5.02 Å². The van der Waals surface area contributed by atoms with Gasteiger partial charge in [-0.05, 0) is 40.2 Å². The van der Waals surface area contributed by atoms with Gasteiger partial charge in [0.2, 0.25) is 0 Å². The Kier molecular flexibility index (Phi) is 5.43. The van der Waals surface area contributed by atoms with Crippen molar-refractivity contribution in [3.63, 3.8) is 0 Å². The maximum atomic E-state index is 9.25. The molecule has 1 atom stereocenters. The Balaban J connectivity index is 2.31. The molecule has 1 unspecified atom stereocenters. The van der Waals surface area contributed by atoms with E-state index in [-0.39, 0.29) is 12.1 Å². The van der Waals surface area contributed by atoms with Gasteiger partial charge in [0.25, 0.3) is 0 Å². The molecule has 0 fully saturated rings. The number of unbranched alkanes of at least 4 members (excludes halogenated alkanes) is 1. The molecular weight excluding hydrogens is 238 g/mol. The van der Waals surface area contributed by atoms with E-state index in [1.807, 2.05) is 25.6 Å². The van der Waals surface area contributed by atoms with E-state index in [9.17, 15) is 5.11 Å². The van der Waals surface area contributed by atoms with Gasteiger partial charge in [-0.3, -0.25) is 4.68 Å². The maximum Gasteiger partial charge on any atom is 0.0814 e. The highest BCUT2D eigenvalue weighted by Gasteiger charge is 2.19. The van der Waals surface area contributed by atoms with Crippen molar-refractivity contribution in [2.75, 3.05) is 13.7 Å². The van der Waals surface area contributed by atoms with Crippen molar-refractivity contribution in [3.05, 3.63) is 16.9 Å². The Labute approximate surface area is 108 Å². The van der Waals surface area contributed by atoms with Crippen LogP contribution in [0.4, 0.5) is 0 Å². The van der Waals surface area contributed by atoms with Crippen molar-refractivity contribution >= 4 is 11.6 Å². The highest BCUT2D eigenvalue weighted by molar-refractivity contribution is 6.31. The van der Waals surface area contributed by atoms with Gasteiger partial charge in [0.1, 0.15) is 0 Å². The number of nitrogens with zero attached hydrogens (tertiary/aromatic N) is 2. The zero-order valence-corrected chi connectivity index (χ0v) is 11.6. The van der Waals surface area contributed by atoms with Crippen LogP contribution in [-0.4, -0.2) is 34.1 Å². The van der Waals surface area contributed by atoms with Gasteiger partial charge in [-0.15, -0.1) is 0 Å². The number of aromatic nitrogens is 2. The zero-order valence-electron chi connectivity index (χ0n) is 10.8. The van der Waals surface area contributed by atoms with Crippen molar-refractivity contribution < 1.29 is 5.11 Å². The summed E-state index contributed by atoms with van der Waals surface area (Å²) in [6, 6.07) is 0. The fourth-order valence-corrected chi connectivity index (χ4v) is 1.85. The lowest BCUT2D eigenvalue weighted by molar-refractivity contribution is 0.170. The minimum Gasteiger partial charge on any atom is -0.394 e. The van der Waals surface area contributed by atoms with E-state index in [0.717, 1.165) is 36.5 Å². The molecule has 0 aliphatic rings. The summed E-state index contributed by atoms with van der Waals surface area (Å²) in [6.07, 6.45) is 4.72. The second kappa shape index (κ2) is 6.38. The van der Waals surface area contributed by atoms with Crippen LogP contribution in [0.15, 0.2) is 6.20 Å².